The van der Waals surface area contributed by atoms with Crippen molar-refractivity contribution >= 4 is 19.7 Å². The highest BCUT2D eigenvalue weighted by Crippen LogP contribution is 2.20. The fourth-order valence-corrected chi connectivity index (χ4v) is 4.47. The summed E-state index contributed by atoms with van der Waals surface area (Å²) in [6.45, 7) is 1.70. The van der Waals surface area contributed by atoms with E-state index in [1.165, 1.54) is 43.5 Å². The van der Waals surface area contributed by atoms with Crippen molar-refractivity contribution in [1.29, 1.82) is 0 Å². The Bertz CT molecular complexity index is 1000. The van der Waals surface area contributed by atoms with Gasteiger partial charge in [0.2, 0.25) is 9.84 Å². The standard InChI is InChI=1S/C19H20O5S2/c1-16-10-12-18(13-11-16)26(22,23)19(15-24-2)9-6-14-25(20,21)17-7-4-3-5-8-17/h3-14H,15H2,1-2H3/b14-6+,19-9-. The van der Waals surface area contributed by atoms with E-state index in [1.54, 1.807) is 30.3 Å². The van der Waals surface area contributed by atoms with Crippen molar-refractivity contribution in [3.05, 3.63) is 82.6 Å². The fraction of sp³-hybridized carbons (Fsp3) is 0.158. The second kappa shape index (κ2) is 8.44. The average Bonchev–Trinajstić information content (AvgIpc) is 2.62. The molecule has 26 heavy (non-hydrogen) atoms. The normalized spacial score (nSPS) is 13.2. The van der Waals surface area contributed by atoms with Crippen LogP contribution in [-0.2, 0) is 24.4 Å². The molecule has 2 aromatic carbocycles. The van der Waals surface area contributed by atoms with Gasteiger partial charge in [0.15, 0.2) is 9.84 Å². The molecule has 0 aliphatic heterocycles. The Balaban J connectivity index is 2.36. The zero-order valence-corrected chi connectivity index (χ0v) is 16.1. The van der Waals surface area contributed by atoms with Crippen LogP contribution in [0.1, 0.15) is 5.56 Å². The second-order valence-electron chi connectivity index (χ2n) is 5.57. The first-order chi connectivity index (χ1) is 12.3. The number of rotatable bonds is 7. The highest BCUT2D eigenvalue weighted by Gasteiger charge is 2.20. The van der Waals surface area contributed by atoms with Crippen molar-refractivity contribution < 1.29 is 21.6 Å². The van der Waals surface area contributed by atoms with Gasteiger partial charge < -0.3 is 4.74 Å². The van der Waals surface area contributed by atoms with E-state index in [4.69, 9.17) is 4.74 Å². The van der Waals surface area contributed by atoms with Gasteiger partial charge >= 0.3 is 0 Å². The Morgan fingerprint density at radius 1 is 0.923 bits per heavy atom. The molecule has 0 N–H and O–H groups in total. The number of hydrogen-bond donors (Lipinski definition) is 0. The first-order valence-electron chi connectivity index (χ1n) is 7.75. The summed E-state index contributed by atoms with van der Waals surface area (Å²) in [5, 5.41) is 0.975. The molecule has 0 unspecified atom stereocenters. The van der Waals surface area contributed by atoms with E-state index in [0.717, 1.165) is 11.0 Å². The SMILES string of the molecule is COC/C(=C/C=C/S(=O)(=O)c1ccccc1)S(=O)(=O)c1ccc(C)cc1. The van der Waals surface area contributed by atoms with Crippen LogP contribution in [0, 0.1) is 6.92 Å². The Kier molecular flexibility index (Phi) is 6.52. The van der Waals surface area contributed by atoms with Crippen LogP contribution in [0.4, 0.5) is 0 Å². The maximum absolute atomic E-state index is 12.7. The molecule has 0 aromatic heterocycles. The van der Waals surface area contributed by atoms with Crippen LogP contribution in [0.15, 0.2) is 86.9 Å². The lowest BCUT2D eigenvalue weighted by molar-refractivity contribution is 0.230. The number of allylic oxidation sites excluding steroid dienone is 2. The molecule has 0 bridgehead atoms. The maximum atomic E-state index is 12.7. The average molecular weight is 392 g/mol. The number of methoxy groups -OCH3 is 1. The first kappa shape index (κ1) is 20.1. The van der Waals surface area contributed by atoms with Crippen LogP contribution in [0.2, 0.25) is 0 Å². The van der Waals surface area contributed by atoms with Gasteiger partial charge in [0.25, 0.3) is 0 Å². The molecular formula is C19H20O5S2. The van der Waals surface area contributed by atoms with Crippen molar-refractivity contribution in [1.82, 2.24) is 0 Å². The molecule has 7 heteroatoms. The van der Waals surface area contributed by atoms with Crippen LogP contribution in [0.25, 0.3) is 0 Å². The highest BCUT2D eigenvalue weighted by molar-refractivity contribution is 7.95. The molecule has 138 valence electrons. The van der Waals surface area contributed by atoms with Crippen LogP contribution in [0.3, 0.4) is 0 Å². The summed E-state index contributed by atoms with van der Waals surface area (Å²) in [5.74, 6) is 0. The van der Waals surface area contributed by atoms with Gasteiger partial charge in [-0.1, -0.05) is 35.9 Å². The molecule has 0 heterocycles. The number of sulfone groups is 2. The summed E-state index contributed by atoms with van der Waals surface area (Å²) >= 11 is 0. The van der Waals surface area contributed by atoms with Gasteiger partial charge in [0.05, 0.1) is 21.3 Å². The van der Waals surface area contributed by atoms with Gasteiger partial charge in [-0.15, -0.1) is 0 Å². The topological polar surface area (TPSA) is 77.5 Å². The number of hydrogen-bond acceptors (Lipinski definition) is 5. The van der Waals surface area contributed by atoms with E-state index in [2.05, 4.69) is 0 Å². The minimum Gasteiger partial charge on any atom is -0.379 e. The summed E-state index contributed by atoms with van der Waals surface area (Å²) in [4.78, 5) is 0.244. The third kappa shape index (κ3) is 4.91. The Labute approximate surface area is 154 Å². The molecule has 0 amide bonds. The molecule has 0 radical (unpaired) electrons. The van der Waals surface area contributed by atoms with Crippen LogP contribution in [-0.4, -0.2) is 30.6 Å². The van der Waals surface area contributed by atoms with Gasteiger partial charge in [-0.05, 0) is 43.3 Å². The molecule has 0 aliphatic carbocycles. The molecule has 2 rings (SSSR count). The number of aryl methyl sites for hydroxylation is 1. The molecule has 0 atom stereocenters. The summed E-state index contributed by atoms with van der Waals surface area (Å²) < 4.78 is 54.9. The van der Waals surface area contributed by atoms with E-state index in [1.807, 2.05) is 6.92 Å². The summed E-state index contributed by atoms with van der Waals surface area (Å²) in [6.07, 6.45) is 2.46. The molecular weight excluding hydrogens is 372 g/mol. The lowest BCUT2D eigenvalue weighted by Gasteiger charge is -2.08. The molecule has 0 fully saturated rings. The van der Waals surface area contributed by atoms with Crippen molar-refractivity contribution in [2.24, 2.45) is 0 Å². The third-order valence-corrected chi connectivity index (χ3v) is 6.86. The minimum atomic E-state index is -3.77. The zero-order valence-electron chi connectivity index (χ0n) is 14.5. The van der Waals surface area contributed by atoms with Crippen LogP contribution < -0.4 is 0 Å². The maximum Gasteiger partial charge on any atom is 0.205 e. The van der Waals surface area contributed by atoms with Crippen molar-refractivity contribution in [2.75, 3.05) is 13.7 Å². The van der Waals surface area contributed by atoms with E-state index < -0.39 is 19.7 Å². The van der Waals surface area contributed by atoms with Gasteiger partial charge in [-0.3, -0.25) is 0 Å². The van der Waals surface area contributed by atoms with Crippen molar-refractivity contribution in [3.8, 4) is 0 Å². The number of benzene rings is 2. The Morgan fingerprint density at radius 2 is 1.54 bits per heavy atom. The molecule has 5 nitrogen and oxygen atoms in total. The minimum absolute atomic E-state index is 0.0247. The van der Waals surface area contributed by atoms with Crippen molar-refractivity contribution in [2.45, 2.75) is 16.7 Å². The highest BCUT2D eigenvalue weighted by atomic mass is 32.2. The molecule has 2 aromatic rings. The first-order valence-corrected chi connectivity index (χ1v) is 10.8. The lowest BCUT2D eigenvalue weighted by atomic mass is 10.2. The van der Waals surface area contributed by atoms with Crippen molar-refractivity contribution in [3.63, 3.8) is 0 Å². The van der Waals surface area contributed by atoms with Gasteiger partial charge in [-0.2, -0.15) is 0 Å². The van der Waals surface area contributed by atoms with Gasteiger partial charge in [0.1, 0.15) is 0 Å². The summed E-state index contributed by atoms with van der Waals surface area (Å²) in [5.41, 5.74) is 0.940. The van der Waals surface area contributed by atoms with Crippen LogP contribution in [0.5, 0.6) is 0 Å². The van der Waals surface area contributed by atoms with E-state index in [0.29, 0.717) is 0 Å². The van der Waals surface area contributed by atoms with Gasteiger partial charge in [-0.25, -0.2) is 16.8 Å². The Morgan fingerprint density at radius 3 is 2.12 bits per heavy atom. The van der Waals surface area contributed by atoms with E-state index in [-0.39, 0.29) is 21.3 Å². The van der Waals surface area contributed by atoms with Crippen LogP contribution >= 0.6 is 0 Å². The predicted molar refractivity (Wildman–Crippen MR) is 101 cm³/mol. The molecule has 0 aliphatic rings. The summed E-state index contributed by atoms with van der Waals surface area (Å²) in [6, 6.07) is 14.3. The Hall–Kier alpha value is -2.22. The smallest absolute Gasteiger partial charge is 0.205 e. The monoisotopic (exact) mass is 392 g/mol. The van der Waals surface area contributed by atoms with Gasteiger partial charge in [0, 0.05) is 12.5 Å². The molecule has 0 saturated carbocycles. The molecule has 0 spiro atoms. The second-order valence-corrected chi connectivity index (χ2v) is 9.41. The van der Waals surface area contributed by atoms with E-state index in [9.17, 15) is 16.8 Å². The lowest BCUT2D eigenvalue weighted by Crippen LogP contribution is -2.09. The largest absolute Gasteiger partial charge is 0.379 e. The van der Waals surface area contributed by atoms with E-state index >= 15 is 0 Å². The quantitative estimate of drug-likeness (QED) is 0.676. The molecule has 0 saturated heterocycles. The zero-order chi connectivity index (χ0) is 19.2. The fourth-order valence-electron chi connectivity index (χ4n) is 2.17. The summed E-state index contributed by atoms with van der Waals surface area (Å²) in [7, 11) is -6.04. The predicted octanol–water partition coefficient (Wildman–Crippen LogP) is 3.29. The number of ether oxygens (including phenoxy) is 1. The third-order valence-electron chi connectivity index (χ3n) is 3.57.